The van der Waals surface area contributed by atoms with Gasteiger partial charge in [-0.05, 0) is 37.7 Å². The van der Waals surface area contributed by atoms with Gasteiger partial charge in [0.1, 0.15) is 22.9 Å². The fourth-order valence-corrected chi connectivity index (χ4v) is 7.54. The van der Waals surface area contributed by atoms with Gasteiger partial charge in [-0.2, -0.15) is 0 Å². The van der Waals surface area contributed by atoms with Crippen LogP contribution >= 0.6 is 0 Å². The van der Waals surface area contributed by atoms with Gasteiger partial charge in [-0.25, -0.2) is 33.5 Å². The van der Waals surface area contributed by atoms with E-state index in [9.17, 15) is 13.2 Å². The lowest BCUT2D eigenvalue weighted by molar-refractivity contribution is -0.129. The third-order valence-electron chi connectivity index (χ3n) is 7.36. The Morgan fingerprint density at radius 1 is 1.28 bits per heavy atom. The molecule has 3 unspecified atom stereocenters. The average molecular weight is 462 g/mol. The largest absolute Gasteiger partial charge is 0.346 e. The molecular formula is C21H31N7O3S. The van der Waals surface area contributed by atoms with Crippen LogP contribution in [-0.2, 0) is 14.8 Å². The first kappa shape index (κ1) is 21.7. The van der Waals surface area contributed by atoms with Crippen molar-refractivity contribution in [3.63, 3.8) is 0 Å². The molecule has 2 aromatic rings. The molecule has 11 heteroatoms. The van der Waals surface area contributed by atoms with E-state index in [1.54, 1.807) is 13.4 Å². The van der Waals surface area contributed by atoms with Gasteiger partial charge >= 0.3 is 0 Å². The van der Waals surface area contributed by atoms with Gasteiger partial charge in [0, 0.05) is 50.6 Å². The molecule has 3 atom stereocenters. The van der Waals surface area contributed by atoms with Gasteiger partial charge in [0.2, 0.25) is 15.9 Å². The second kappa shape index (κ2) is 8.05. The molecule has 1 spiro atoms. The number of fused-ring (bicyclic) bond motifs is 1. The van der Waals surface area contributed by atoms with Gasteiger partial charge < -0.3 is 9.88 Å². The number of carbonyl (C=O) groups is 1. The first-order chi connectivity index (χ1) is 15.3. The van der Waals surface area contributed by atoms with E-state index in [0.29, 0.717) is 32.4 Å². The Bertz CT molecular complexity index is 1110. The third kappa shape index (κ3) is 3.70. The van der Waals surface area contributed by atoms with Crippen molar-refractivity contribution in [3.8, 4) is 0 Å². The maximum atomic E-state index is 13.5. The molecule has 32 heavy (non-hydrogen) atoms. The number of aromatic amines is 1. The van der Waals surface area contributed by atoms with E-state index in [1.165, 1.54) is 4.31 Å². The average Bonchev–Trinajstić information content (AvgIpc) is 3.19. The fraction of sp³-hybridized carbons (Fsp3) is 0.667. The Hall–Kier alpha value is -2.08. The van der Waals surface area contributed by atoms with Gasteiger partial charge in [-0.3, -0.25) is 4.79 Å². The Labute approximate surface area is 188 Å². The number of rotatable bonds is 6. The number of hydrogen-bond donors (Lipinski definition) is 3. The van der Waals surface area contributed by atoms with Crippen LogP contribution in [0.15, 0.2) is 18.6 Å². The molecule has 10 nitrogen and oxygen atoms in total. The normalized spacial score (nSPS) is 27.5. The maximum absolute atomic E-state index is 13.5. The van der Waals surface area contributed by atoms with Crippen LogP contribution < -0.4 is 10.9 Å². The van der Waals surface area contributed by atoms with Gasteiger partial charge in [0.15, 0.2) is 0 Å². The second-order valence-corrected chi connectivity index (χ2v) is 11.6. The maximum Gasteiger partial charge on any atom is 0.222 e. The molecule has 2 aromatic heterocycles. The number of hydrazine groups is 1. The van der Waals surface area contributed by atoms with Crippen molar-refractivity contribution in [3.05, 3.63) is 24.3 Å². The lowest BCUT2D eigenvalue weighted by atomic mass is 9.81. The third-order valence-corrected chi connectivity index (χ3v) is 9.74. The second-order valence-electron chi connectivity index (χ2n) is 9.36. The van der Waals surface area contributed by atoms with E-state index in [1.807, 2.05) is 24.1 Å². The quantitative estimate of drug-likeness (QED) is 0.543. The number of hydrogen-bond acceptors (Lipinski definition) is 7. The van der Waals surface area contributed by atoms with Gasteiger partial charge in [-0.1, -0.05) is 6.92 Å². The van der Waals surface area contributed by atoms with Crippen molar-refractivity contribution >= 4 is 27.0 Å². The predicted octanol–water partition coefficient (Wildman–Crippen LogP) is 0.918. The molecule has 2 saturated heterocycles. The standard InChI is InChI=1S/C21H31N7O3S/c1-3-18(29)28-9-7-14(12-28)11-27(2)32(30,31)17-5-4-15(10-21(17)25-26-21)19-16-6-8-22-20(16)24-13-23-19/h6,8,13-15,17,25-26H,3-5,7,9-12H2,1-2H3,(H,22,23,24). The van der Waals surface area contributed by atoms with Crippen molar-refractivity contribution in [2.75, 3.05) is 26.7 Å². The van der Waals surface area contributed by atoms with Crippen molar-refractivity contribution in [2.24, 2.45) is 5.92 Å². The molecule has 2 aliphatic heterocycles. The lowest BCUT2D eigenvalue weighted by Gasteiger charge is -2.36. The number of carbonyl (C=O) groups excluding carboxylic acids is 1. The molecule has 174 valence electrons. The Morgan fingerprint density at radius 2 is 2.09 bits per heavy atom. The molecular weight excluding hydrogens is 430 g/mol. The lowest BCUT2D eigenvalue weighted by Crippen LogP contribution is -2.51. The number of aromatic nitrogens is 3. The van der Waals surface area contributed by atoms with E-state index >= 15 is 0 Å². The zero-order valence-corrected chi connectivity index (χ0v) is 19.4. The van der Waals surface area contributed by atoms with Gasteiger partial charge in [0.25, 0.3) is 0 Å². The highest BCUT2D eigenvalue weighted by molar-refractivity contribution is 7.89. The molecule has 4 heterocycles. The minimum atomic E-state index is -3.51. The summed E-state index contributed by atoms with van der Waals surface area (Å²) in [5.41, 5.74) is 7.49. The Morgan fingerprint density at radius 3 is 2.84 bits per heavy atom. The zero-order valence-electron chi connectivity index (χ0n) is 18.5. The molecule has 5 rings (SSSR count). The van der Waals surface area contributed by atoms with Crippen LogP contribution in [0, 0.1) is 5.92 Å². The van der Waals surface area contributed by atoms with E-state index in [4.69, 9.17) is 0 Å². The number of sulfonamides is 1. The topological polar surface area (TPSA) is 143 Å². The highest BCUT2D eigenvalue weighted by Crippen LogP contribution is 2.45. The first-order valence-electron chi connectivity index (χ1n) is 11.4. The molecule has 3 N–H and O–H groups in total. The molecule has 1 saturated carbocycles. The summed E-state index contributed by atoms with van der Waals surface area (Å²) in [5, 5.41) is 0.466. The van der Waals surface area contributed by atoms with E-state index in [-0.39, 0.29) is 17.7 Å². The highest BCUT2D eigenvalue weighted by atomic mass is 32.2. The number of likely N-dealkylation sites (tertiary alicyclic amines) is 1. The monoisotopic (exact) mass is 461 g/mol. The van der Waals surface area contributed by atoms with E-state index in [0.717, 1.165) is 36.1 Å². The molecule has 1 amide bonds. The van der Waals surface area contributed by atoms with Gasteiger partial charge in [-0.15, -0.1) is 0 Å². The minimum absolute atomic E-state index is 0.142. The van der Waals surface area contributed by atoms with Crippen LogP contribution in [-0.4, -0.2) is 76.1 Å². The summed E-state index contributed by atoms with van der Waals surface area (Å²) in [6.07, 6.45) is 6.73. The molecule has 3 fully saturated rings. The molecule has 0 radical (unpaired) electrons. The number of nitrogens with one attached hydrogen (secondary N) is 3. The van der Waals surface area contributed by atoms with E-state index in [2.05, 4.69) is 25.8 Å². The number of H-pyrrole nitrogens is 1. The summed E-state index contributed by atoms with van der Waals surface area (Å²) < 4.78 is 28.6. The zero-order chi connectivity index (χ0) is 22.5. The van der Waals surface area contributed by atoms with Crippen molar-refractivity contribution in [2.45, 2.75) is 55.9 Å². The van der Waals surface area contributed by atoms with Crippen LogP contribution in [0.2, 0.25) is 0 Å². The summed E-state index contributed by atoms with van der Waals surface area (Å²) in [6, 6.07) is 1.98. The van der Waals surface area contributed by atoms with Crippen LogP contribution in [0.5, 0.6) is 0 Å². The van der Waals surface area contributed by atoms with Crippen molar-refractivity contribution in [1.82, 2.24) is 35.0 Å². The molecule has 3 aliphatic rings. The Kier molecular flexibility index (Phi) is 5.47. The van der Waals surface area contributed by atoms with Crippen molar-refractivity contribution < 1.29 is 13.2 Å². The van der Waals surface area contributed by atoms with Crippen LogP contribution in [0.25, 0.3) is 11.0 Å². The van der Waals surface area contributed by atoms with E-state index < -0.39 is 20.9 Å². The SMILES string of the molecule is CCC(=O)N1CCC(CN(C)S(=O)(=O)C2CCC(c3ncnc4[nH]ccc34)CC23NN3)C1. The van der Waals surface area contributed by atoms with Crippen LogP contribution in [0.1, 0.15) is 50.6 Å². The molecule has 0 bridgehead atoms. The van der Waals surface area contributed by atoms with Crippen LogP contribution in [0.4, 0.5) is 0 Å². The van der Waals surface area contributed by atoms with Crippen molar-refractivity contribution in [1.29, 1.82) is 0 Å². The number of amides is 1. The smallest absolute Gasteiger partial charge is 0.222 e. The van der Waals surface area contributed by atoms with Crippen LogP contribution in [0.3, 0.4) is 0 Å². The summed E-state index contributed by atoms with van der Waals surface area (Å²) in [4.78, 5) is 25.7. The summed E-state index contributed by atoms with van der Waals surface area (Å²) in [5.74, 6) is 0.475. The highest BCUT2D eigenvalue weighted by Gasteiger charge is 2.59. The summed E-state index contributed by atoms with van der Waals surface area (Å²) in [6.45, 7) is 3.67. The fourth-order valence-electron chi connectivity index (χ4n) is 5.54. The van der Waals surface area contributed by atoms with Gasteiger partial charge in [0.05, 0.1) is 5.69 Å². The summed E-state index contributed by atoms with van der Waals surface area (Å²) >= 11 is 0. The minimum Gasteiger partial charge on any atom is -0.346 e. The summed E-state index contributed by atoms with van der Waals surface area (Å²) in [7, 11) is -1.83. The predicted molar refractivity (Wildman–Crippen MR) is 120 cm³/mol. The number of nitrogens with zero attached hydrogens (tertiary/aromatic N) is 4. The molecule has 0 aromatic carbocycles. The Balaban J connectivity index is 1.28. The molecule has 1 aliphatic carbocycles. The first-order valence-corrected chi connectivity index (χ1v) is 12.9.